The van der Waals surface area contributed by atoms with Gasteiger partial charge < -0.3 is 10.1 Å². The maximum absolute atomic E-state index is 12.1. The third-order valence-electron chi connectivity index (χ3n) is 3.93. The number of thioether (sulfide) groups is 1. The summed E-state index contributed by atoms with van der Waals surface area (Å²) in [6.07, 6.45) is 2.87. The minimum atomic E-state index is -0.486. The first-order chi connectivity index (χ1) is 12.0. The number of esters is 1. The Balaban J connectivity index is 1.88. The first-order valence-corrected chi connectivity index (χ1v) is 9.46. The van der Waals surface area contributed by atoms with Crippen LogP contribution in [-0.2, 0) is 16.0 Å². The summed E-state index contributed by atoms with van der Waals surface area (Å²) in [5.41, 5.74) is 2.75. The van der Waals surface area contributed by atoms with Gasteiger partial charge in [-0.15, -0.1) is 11.8 Å². The molecule has 0 unspecified atom stereocenters. The fourth-order valence-corrected chi connectivity index (χ4v) is 3.02. The van der Waals surface area contributed by atoms with Crippen LogP contribution >= 0.6 is 11.8 Å². The van der Waals surface area contributed by atoms with Gasteiger partial charge in [-0.05, 0) is 42.9 Å². The lowest BCUT2D eigenvalue weighted by Crippen LogP contribution is -2.31. The van der Waals surface area contributed by atoms with E-state index in [2.05, 4.69) is 24.4 Å². The Morgan fingerprint density at radius 1 is 1.12 bits per heavy atom. The first kappa shape index (κ1) is 19.1. The summed E-state index contributed by atoms with van der Waals surface area (Å²) in [5.74, 6) is -0.804. The van der Waals surface area contributed by atoms with E-state index in [9.17, 15) is 9.59 Å². The predicted molar refractivity (Wildman–Crippen MR) is 101 cm³/mol. The summed E-state index contributed by atoms with van der Waals surface area (Å²) in [5, 5.41) is 2.85. The van der Waals surface area contributed by atoms with Gasteiger partial charge in [0.2, 0.25) is 0 Å². The van der Waals surface area contributed by atoms with Crippen molar-refractivity contribution >= 4 is 23.6 Å². The van der Waals surface area contributed by atoms with E-state index in [0.29, 0.717) is 5.56 Å². The van der Waals surface area contributed by atoms with Gasteiger partial charge in [0.25, 0.3) is 5.91 Å². The van der Waals surface area contributed by atoms with Crippen LogP contribution in [0.2, 0.25) is 0 Å². The Kier molecular flexibility index (Phi) is 7.07. The van der Waals surface area contributed by atoms with Gasteiger partial charge in [0.05, 0.1) is 11.6 Å². The van der Waals surface area contributed by atoms with Crippen molar-refractivity contribution in [3.63, 3.8) is 0 Å². The zero-order chi connectivity index (χ0) is 18.2. The average molecular weight is 357 g/mol. The van der Waals surface area contributed by atoms with E-state index in [0.717, 1.165) is 16.9 Å². The van der Waals surface area contributed by atoms with Crippen molar-refractivity contribution < 1.29 is 14.3 Å². The van der Waals surface area contributed by atoms with E-state index in [-0.39, 0.29) is 18.6 Å². The van der Waals surface area contributed by atoms with Gasteiger partial charge in [-0.25, -0.2) is 4.79 Å². The first-order valence-electron chi connectivity index (χ1n) is 8.23. The summed E-state index contributed by atoms with van der Waals surface area (Å²) in [7, 11) is 0. The minimum absolute atomic E-state index is 0.143. The van der Waals surface area contributed by atoms with Crippen LogP contribution in [0.15, 0.2) is 53.4 Å². The van der Waals surface area contributed by atoms with Crippen molar-refractivity contribution in [2.45, 2.75) is 31.2 Å². The van der Waals surface area contributed by atoms with Crippen LogP contribution in [0.5, 0.6) is 0 Å². The highest BCUT2D eigenvalue weighted by Gasteiger charge is 2.15. The smallest absolute Gasteiger partial charge is 0.339 e. The number of nitrogens with one attached hydrogen (secondary N) is 1. The van der Waals surface area contributed by atoms with Gasteiger partial charge in [0, 0.05) is 4.90 Å². The monoisotopic (exact) mass is 357 g/mol. The van der Waals surface area contributed by atoms with Crippen molar-refractivity contribution in [1.29, 1.82) is 0 Å². The van der Waals surface area contributed by atoms with Crippen LogP contribution in [0.25, 0.3) is 0 Å². The van der Waals surface area contributed by atoms with Crippen molar-refractivity contribution in [3.8, 4) is 0 Å². The van der Waals surface area contributed by atoms with E-state index in [1.54, 1.807) is 12.1 Å². The molecule has 0 aliphatic carbocycles. The zero-order valence-corrected chi connectivity index (χ0v) is 15.6. The van der Waals surface area contributed by atoms with E-state index in [1.807, 2.05) is 37.4 Å². The van der Waals surface area contributed by atoms with Crippen LogP contribution in [0, 0.1) is 0 Å². The molecule has 2 aromatic carbocycles. The van der Waals surface area contributed by atoms with E-state index < -0.39 is 5.97 Å². The van der Waals surface area contributed by atoms with Gasteiger partial charge in [-0.1, -0.05) is 43.3 Å². The van der Waals surface area contributed by atoms with Crippen LogP contribution in [-0.4, -0.2) is 24.7 Å². The second-order valence-corrected chi connectivity index (χ2v) is 6.51. The predicted octanol–water partition coefficient (Wildman–Crippen LogP) is 4.01. The molecule has 0 aliphatic rings. The molecule has 0 bridgehead atoms. The lowest BCUT2D eigenvalue weighted by molar-refractivity contribution is -0.124. The molecule has 2 aromatic rings. The molecule has 0 heterocycles. The number of carbonyl (C=O) groups excluding carboxylic acids is 2. The Labute approximate surface area is 153 Å². The molecular weight excluding hydrogens is 334 g/mol. The SMILES string of the molecule is CCc1ccc([C@H](C)NC(=O)COC(=O)c2ccccc2SC)cc1. The summed E-state index contributed by atoms with van der Waals surface area (Å²) < 4.78 is 5.14. The third-order valence-corrected chi connectivity index (χ3v) is 4.72. The highest BCUT2D eigenvalue weighted by Crippen LogP contribution is 2.20. The Morgan fingerprint density at radius 3 is 2.44 bits per heavy atom. The quantitative estimate of drug-likeness (QED) is 0.601. The average Bonchev–Trinajstić information content (AvgIpc) is 2.66. The summed E-state index contributed by atoms with van der Waals surface area (Å²) in [6, 6.07) is 15.2. The molecule has 0 saturated carbocycles. The second-order valence-electron chi connectivity index (χ2n) is 5.66. The van der Waals surface area contributed by atoms with Gasteiger partial charge in [0.15, 0.2) is 6.61 Å². The fourth-order valence-electron chi connectivity index (χ4n) is 2.43. The summed E-state index contributed by atoms with van der Waals surface area (Å²) in [4.78, 5) is 25.0. The molecule has 1 amide bonds. The zero-order valence-electron chi connectivity index (χ0n) is 14.7. The van der Waals surface area contributed by atoms with Crippen molar-refractivity contribution in [2.24, 2.45) is 0 Å². The van der Waals surface area contributed by atoms with Crippen LogP contribution in [0.1, 0.15) is 41.4 Å². The largest absolute Gasteiger partial charge is 0.452 e. The number of benzene rings is 2. The third kappa shape index (κ3) is 5.36. The van der Waals surface area contributed by atoms with Crippen molar-refractivity contribution in [3.05, 3.63) is 65.2 Å². The molecule has 2 rings (SSSR count). The molecule has 0 aromatic heterocycles. The lowest BCUT2D eigenvalue weighted by atomic mass is 10.1. The second kappa shape index (κ2) is 9.28. The lowest BCUT2D eigenvalue weighted by Gasteiger charge is -2.15. The maximum atomic E-state index is 12.1. The van der Waals surface area contributed by atoms with Gasteiger partial charge in [0.1, 0.15) is 0 Å². The number of hydrogen-bond acceptors (Lipinski definition) is 4. The van der Waals surface area contributed by atoms with Gasteiger partial charge >= 0.3 is 5.97 Å². The Bertz CT molecular complexity index is 728. The standard InChI is InChI=1S/C20H23NO3S/c1-4-15-9-11-16(12-10-15)14(2)21-19(22)13-24-20(23)17-7-5-6-8-18(17)25-3/h5-12,14H,4,13H2,1-3H3,(H,21,22)/t14-/m0/s1. The molecule has 5 heteroatoms. The molecule has 1 N–H and O–H groups in total. The molecule has 0 aliphatic heterocycles. The number of amides is 1. The van der Waals surface area contributed by atoms with Gasteiger partial charge in [-0.3, -0.25) is 4.79 Å². The highest BCUT2D eigenvalue weighted by atomic mass is 32.2. The number of hydrogen-bond donors (Lipinski definition) is 1. The maximum Gasteiger partial charge on any atom is 0.339 e. The molecule has 132 valence electrons. The molecular formula is C20H23NO3S. The van der Waals surface area contributed by atoms with Crippen LogP contribution < -0.4 is 5.32 Å². The normalized spacial score (nSPS) is 11.6. The van der Waals surface area contributed by atoms with Crippen LogP contribution in [0.4, 0.5) is 0 Å². The molecule has 25 heavy (non-hydrogen) atoms. The van der Waals surface area contributed by atoms with E-state index >= 15 is 0 Å². The summed E-state index contributed by atoms with van der Waals surface area (Å²) in [6.45, 7) is 3.71. The highest BCUT2D eigenvalue weighted by molar-refractivity contribution is 7.98. The van der Waals surface area contributed by atoms with E-state index in [1.165, 1.54) is 17.3 Å². The van der Waals surface area contributed by atoms with Crippen LogP contribution in [0.3, 0.4) is 0 Å². The molecule has 0 spiro atoms. The Hall–Kier alpha value is -2.27. The van der Waals surface area contributed by atoms with E-state index in [4.69, 9.17) is 4.74 Å². The summed E-state index contributed by atoms with van der Waals surface area (Å²) >= 11 is 1.47. The molecule has 1 atom stereocenters. The minimum Gasteiger partial charge on any atom is -0.452 e. The van der Waals surface area contributed by atoms with Crippen molar-refractivity contribution in [1.82, 2.24) is 5.32 Å². The number of rotatable bonds is 7. The molecule has 0 radical (unpaired) electrons. The molecule has 0 saturated heterocycles. The Morgan fingerprint density at radius 2 is 1.80 bits per heavy atom. The van der Waals surface area contributed by atoms with Crippen molar-refractivity contribution in [2.75, 3.05) is 12.9 Å². The number of aryl methyl sites for hydroxylation is 1. The number of carbonyl (C=O) groups is 2. The number of ether oxygens (including phenoxy) is 1. The molecule has 4 nitrogen and oxygen atoms in total. The topological polar surface area (TPSA) is 55.4 Å². The fraction of sp³-hybridized carbons (Fsp3) is 0.300. The molecule has 0 fully saturated rings. The van der Waals surface area contributed by atoms with Gasteiger partial charge in [-0.2, -0.15) is 0 Å².